The summed E-state index contributed by atoms with van der Waals surface area (Å²) in [6.07, 6.45) is 5.84. The minimum atomic E-state index is 0.270. The van der Waals surface area contributed by atoms with Crippen LogP contribution in [0, 0.1) is 5.92 Å². The van der Waals surface area contributed by atoms with Gasteiger partial charge in [0.1, 0.15) is 0 Å². The molecule has 1 aromatic heterocycles. The zero-order chi connectivity index (χ0) is 15.7. The number of nitrogens with one attached hydrogen (secondary N) is 1. The molecule has 22 heavy (non-hydrogen) atoms. The lowest BCUT2D eigenvalue weighted by molar-refractivity contribution is -0.131. The quantitative estimate of drug-likeness (QED) is 0.853. The molecule has 1 aliphatic rings. The van der Waals surface area contributed by atoms with Gasteiger partial charge in [-0.25, -0.2) is 0 Å². The number of hydrogen-bond donors (Lipinski definition) is 1. The van der Waals surface area contributed by atoms with Crippen LogP contribution in [0.25, 0.3) is 16.5 Å². The van der Waals surface area contributed by atoms with Gasteiger partial charge in [0.15, 0.2) is 0 Å². The summed E-state index contributed by atoms with van der Waals surface area (Å²) >= 11 is 3.54. The van der Waals surface area contributed by atoms with Gasteiger partial charge in [-0.3, -0.25) is 4.79 Å². The highest BCUT2D eigenvalue weighted by molar-refractivity contribution is 9.10. The lowest BCUT2D eigenvalue weighted by Crippen LogP contribution is -2.35. The molecule has 0 bridgehead atoms. The molecule has 0 saturated carbocycles. The van der Waals surface area contributed by atoms with Crippen molar-refractivity contribution in [1.29, 1.82) is 0 Å². The fourth-order valence-electron chi connectivity index (χ4n) is 2.98. The van der Waals surface area contributed by atoms with E-state index in [-0.39, 0.29) is 5.91 Å². The van der Waals surface area contributed by atoms with Gasteiger partial charge in [0.25, 0.3) is 0 Å². The second-order valence-corrected chi connectivity index (χ2v) is 7.23. The average Bonchev–Trinajstić information content (AvgIpc) is 2.89. The third kappa shape index (κ3) is 3.12. The number of halogens is 1. The minimum Gasteiger partial charge on any atom is -0.361 e. The Labute approximate surface area is 139 Å². The van der Waals surface area contributed by atoms with Crippen LogP contribution in [0.15, 0.2) is 34.9 Å². The molecular formula is C18H21BrN2O. The maximum atomic E-state index is 12.1. The monoisotopic (exact) mass is 360 g/mol. The second-order valence-electron chi connectivity index (χ2n) is 6.31. The van der Waals surface area contributed by atoms with Gasteiger partial charge in [-0.1, -0.05) is 35.9 Å². The number of amides is 1. The molecule has 2 aromatic rings. The molecule has 0 radical (unpaired) electrons. The molecule has 1 N–H and O–H groups in total. The minimum absolute atomic E-state index is 0.270. The molecule has 1 aromatic carbocycles. The number of aromatic nitrogens is 1. The fourth-order valence-corrected chi connectivity index (χ4v) is 3.34. The van der Waals surface area contributed by atoms with Gasteiger partial charge in [-0.15, -0.1) is 0 Å². The van der Waals surface area contributed by atoms with Crippen molar-refractivity contribution in [2.75, 3.05) is 13.1 Å². The first-order valence-electron chi connectivity index (χ1n) is 7.78. The first kappa shape index (κ1) is 15.3. The lowest BCUT2D eigenvalue weighted by atomic mass is 9.98. The van der Waals surface area contributed by atoms with E-state index < -0.39 is 0 Å². The Morgan fingerprint density at radius 2 is 2.23 bits per heavy atom. The molecule has 4 heteroatoms. The van der Waals surface area contributed by atoms with E-state index in [1.807, 2.05) is 11.0 Å². The van der Waals surface area contributed by atoms with E-state index >= 15 is 0 Å². The fraction of sp³-hybridized carbons (Fsp3) is 0.389. The molecule has 2 heterocycles. The van der Waals surface area contributed by atoms with E-state index in [0.29, 0.717) is 12.3 Å². The van der Waals surface area contributed by atoms with Gasteiger partial charge in [-0.2, -0.15) is 0 Å². The number of carbonyl (C=O) groups excluding carboxylic acids is 1. The van der Waals surface area contributed by atoms with E-state index in [0.717, 1.165) is 29.5 Å². The molecule has 0 atom stereocenters. The van der Waals surface area contributed by atoms with Gasteiger partial charge in [0.2, 0.25) is 5.91 Å². The SMILES string of the molecule is CC(C)CC(=O)N1CC=C(c2c[nH]c3ccc(Br)cc23)CC1. The molecule has 3 nitrogen and oxygen atoms in total. The summed E-state index contributed by atoms with van der Waals surface area (Å²) < 4.78 is 1.09. The van der Waals surface area contributed by atoms with Crippen molar-refractivity contribution in [3.8, 4) is 0 Å². The van der Waals surface area contributed by atoms with Crippen LogP contribution in [0.1, 0.15) is 32.3 Å². The summed E-state index contributed by atoms with van der Waals surface area (Å²) in [6.45, 7) is 5.72. The number of aromatic amines is 1. The molecule has 0 saturated heterocycles. The number of benzene rings is 1. The zero-order valence-corrected chi connectivity index (χ0v) is 14.6. The Hall–Kier alpha value is -1.55. The third-order valence-electron chi connectivity index (χ3n) is 4.13. The first-order valence-corrected chi connectivity index (χ1v) is 8.57. The van der Waals surface area contributed by atoms with Crippen molar-refractivity contribution in [3.63, 3.8) is 0 Å². The molecule has 0 aliphatic carbocycles. The van der Waals surface area contributed by atoms with Crippen LogP contribution in [0.3, 0.4) is 0 Å². The van der Waals surface area contributed by atoms with Gasteiger partial charge in [0.05, 0.1) is 0 Å². The van der Waals surface area contributed by atoms with Crippen LogP contribution in [-0.4, -0.2) is 28.9 Å². The molecule has 1 amide bonds. The van der Waals surface area contributed by atoms with E-state index in [4.69, 9.17) is 0 Å². The number of H-pyrrole nitrogens is 1. The number of carbonyl (C=O) groups is 1. The van der Waals surface area contributed by atoms with Crippen molar-refractivity contribution in [1.82, 2.24) is 9.88 Å². The van der Waals surface area contributed by atoms with Crippen LogP contribution in [0.5, 0.6) is 0 Å². The van der Waals surface area contributed by atoms with Crippen LogP contribution in [0.4, 0.5) is 0 Å². The number of hydrogen-bond acceptors (Lipinski definition) is 1. The summed E-state index contributed by atoms with van der Waals surface area (Å²) in [6, 6.07) is 6.28. The summed E-state index contributed by atoms with van der Waals surface area (Å²) in [5, 5.41) is 1.24. The predicted octanol–water partition coefficient (Wildman–Crippen LogP) is 4.59. The van der Waals surface area contributed by atoms with Gasteiger partial charge in [0, 0.05) is 46.6 Å². The second kappa shape index (κ2) is 6.29. The Morgan fingerprint density at radius 1 is 1.41 bits per heavy atom. The van der Waals surface area contributed by atoms with Crippen molar-refractivity contribution < 1.29 is 4.79 Å². The smallest absolute Gasteiger partial charge is 0.223 e. The van der Waals surface area contributed by atoms with Crippen molar-refractivity contribution in [2.24, 2.45) is 5.92 Å². The Balaban J connectivity index is 1.80. The molecule has 1 aliphatic heterocycles. The molecule has 0 fully saturated rings. The van der Waals surface area contributed by atoms with Gasteiger partial charge in [-0.05, 0) is 36.1 Å². The van der Waals surface area contributed by atoms with E-state index in [2.05, 4.69) is 59.2 Å². The zero-order valence-electron chi connectivity index (χ0n) is 13.0. The summed E-state index contributed by atoms with van der Waals surface area (Å²) in [5.41, 5.74) is 3.74. The number of fused-ring (bicyclic) bond motifs is 1. The van der Waals surface area contributed by atoms with Crippen LogP contribution in [0.2, 0.25) is 0 Å². The first-order chi connectivity index (χ1) is 10.5. The Bertz CT molecular complexity index is 730. The number of nitrogens with zero attached hydrogens (tertiary/aromatic N) is 1. The molecule has 0 spiro atoms. The molecule has 116 valence electrons. The van der Waals surface area contributed by atoms with Gasteiger partial charge >= 0.3 is 0 Å². The Morgan fingerprint density at radius 3 is 2.91 bits per heavy atom. The number of rotatable bonds is 3. The highest BCUT2D eigenvalue weighted by Crippen LogP contribution is 2.31. The van der Waals surface area contributed by atoms with Crippen molar-refractivity contribution >= 4 is 38.3 Å². The van der Waals surface area contributed by atoms with Crippen molar-refractivity contribution in [2.45, 2.75) is 26.7 Å². The van der Waals surface area contributed by atoms with Gasteiger partial charge < -0.3 is 9.88 Å². The summed E-state index contributed by atoms with van der Waals surface area (Å²) in [4.78, 5) is 17.4. The molecule has 3 rings (SSSR count). The maximum Gasteiger partial charge on any atom is 0.223 e. The lowest BCUT2D eigenvalue weighted by Gasteiger charge is -2.27. The topological polar surface area (TPSA) is 36.1 Å². The molecular weight excluding hydrogens is 340 g/mol. The summed E-state index contributed by atoms with van der Waals surface area (Å²) in [5.74, 6) is 0.691. The van der Waals surface area contributed by atoms with Crippen LogP contribution >= 0.6 is 15.9 Å². The van der Waals surface area contributed by atoms with Crippen LogP contribution in [-0.2, 0) is 4.79 Å². The van der Waals surface area contributed by atoms with Crippen molar-refractivity contribution in [3.05, 3.63) is 40.5 Å². The standard InChI is InChI=1S/C18H21BrN2O/c1-12(2)9-18(22)21-7-5-13(6-8-21)16-11-20-17-4-3-14(19)10-15(16)17/h3-5,10-12,20H,6-9H2,1-2H3. The van der Waals surface area contributed by atoms with E-state index in [1.54, 1.807) is 0 Å². The van der Waals surface area contributed by atoms with E-state index in [9.17, 15) is 4.79 Å². The highest BCUT2D eigenvalue weighted by atomic mass is 79.9. The normalized spacial score (nSPS) is 15.5. The Kier molecular flexibility index (Phi) is 4.39. The third-order valence-corrected chi connectivity index (χ3v) is 4.63. The highest BCUT2D eigenvalue weighted by Gasteiger charge is 2.19. The largest absolute Gasteiger partial charge is 0.361 e. The average molecular weight is 361 g/mol. The molecule has 0 unspecified atom stereocenters. The summed E-state index contributed by atoms with van der Waals surface area (Å²) in [7, 11) is 0. The van der Waals surface area contributed by atoms with E-state index in [1.165, 1.54) is 16.5 Å². The predicted molar refractivity (Wildman–Crippen MR) is 94.6 cm³/mol. The maximum absolute atomic E-state index is 12.1. The van der Waals surface area contributed by atoms with Crippen LogP contribution < -0.4 is 0 Å².